The van der Waals surface area contributed by atoms with Crippen LogP contribution >= 0.6 is 11.8 Å². The molecule has 0 amide bonds. The lowest BCUT2D eigenvalue weighted by atomic mass is 10.2. The molecule has 0 radical (unpaired) electrons. The fourth-order valence-electron chi connectivity index (χ4n) is 1.33. The number of nitrogens with zero attached hydrogens (tertiary/aromatic N) is 2. The molecule has 16 heavy (non-hydrogen) atoms. The second-order valence-corrected chi connectivity index (χ2v) is 4.57. The number of pyridine rings is 1. The van der Waals surface area contributed by atoms with Crippen LogP contribution in [0.3, 0.4) is 0 Å². The number of thioether (sulfide) groups is 1. The molecule has 1 aromatic rings. The topological polar surface area (TPSA) is 34.5 Å². The minimum atomic E-state index is 0.121. The Labute approximate surface area is 99.3 Å². The highest BCUT2D eigenvalue weighted by atomic mass is 32.2. The maximum atomic E-state index is 5.08. The first-order valence-electron chi connectivity index (χ1n) is 4.95. The monoisotopic (exact) mass is 232 g/mol. The van der Waals surface area contributed by atoms with E-state index in [1.807, 2.05) is 13.0 Å². The van der Waals surface area contributed by atoms with E-state index < -0.39 is 0 Å². The molecule has 0 aliphatic carbocycles. The van der Waals surface area contributed by atoms with Crippen molar-refractivity contribution in [3.63, 3.8) is 0 Å². The number of hydrogen-bond donors (Lipinski definition) is 0. The number of aliphatic imine (C=N–C) groups is 1. The molecule has 4 heteroatoms. The first-order valence-corrected chi connectivity index (χ1v) is 5.94. The molecule has 0 spiro atoms. The first-order chi connectivity index (χ1) is 7.78. The van der Waals surface area contributed by atoms with Crippen molar-refractivity contribution in [3.05, 3.63) is 24.0 Å². The van der Waals surface area contributed by atoms with Crippen molar-refractivity contribution in [1.82, 2.24) is 4.98 Å². The number of rotatable bonds is 1. The van der Waals surface area contributed by atoms with Crippen LogP contribution in [0.25, 0.3) is 0 Å². The van der Waals surface area contributed by atoms with Gasteiger partial charge in [0.15, 0.2) is 0 Å². The van der Waals surface area contributed by atoms with E-state index in [9.17, 15) is 0 Å². The van der Waals surface area contributed by atoms with Gasteiger partial charge >= 0.3 is 0 Å². The summed E-state index contributed by atoms with van der Waals surface area (Å²) >= 11 is 1.76. The van der Waals surface area contributed by atoms with E-state index in [4.69, 9.17) is 4.74 Å². The molecule has 0 saturated heterocycles. The van der Waals surface area contributed by atoms with Gasteiger partial charge in [0.05, 0.1) is 18.4 Å². The van der Waals surface area contributed by atoms with Gasteiger partial charge < -0.3 is 4.74 Å². The van der Waals surface area contributed by atoms with E-state index in [0.29, 0.717) is 0 Å². The molecule has 1 aliphatic heterocycles. The van der Waals surface area contributed by atoms with Crippen LogP contribution in [0, 0.1) is 11.8 Å². The highest BCUT2D eigenvalue weighted by molar-refractivity contribution is 8.14. The molecule has 0 fully saturated rings. The molecule has 1 atom stereocenters. The fourth-order valence-corrected chi connectivity index (χ4v) is 2.09. The van der Waals surface area contributed by atoms with Gasteiger partial charge in [0.1, 0.15) is 11.8 Å². The minimum Gasteiger partial charge on any atom is -0.495 e. The van der Waals surface area contributed by atoms with Gasteiger partial charge in [-0.25, -0.2) is 0 Å². The lowest BCUT2D eigenvalue weighted by Crippen LogP contribution is -1.98. The van der Waals surface area contributed by atoms with Gasteiger partial charge in [-0.3, -0.25) is 9.98 Å². The van der Waals surface area contributed by atoms with Crippen LogP contribution in [0.1, 0.15) is 12.5 Å². The van der Waals surface area contributed by atoms with Crippen molar-refractivity contribution in [1.29, 1.82) is 0 Å². The van der Waals surface area contributed by atoms with Crippen LogP contribution < -0.4 is 4.74 Å². The van der Waals surface area contributed by atoms with Gasteiger partial charge in [0.2, 0.25) is 0 Å². The summed E-state index contributed by atoms with van der Waals surface area (Å²) < 4.78 is 5.08. The van der Waals surface area contributed by atoms with Gasteiger partial charge in [-0.05, 0) is 13.0 Å². The number of methoxy groups -OCH3 is 1. The van der Waals surface area contributed by atoms with Gasteiger partial charge in [-0.15, -0.1) is 11.8 Å². The Balaban J connectivity index is 2.11. The SMILES string of the molecule is COc1cncc(C#CC2CSC(C)=N2)c1. The molecule has 0 bridgehead atoms. The van der Waals surface area contributed by atoms with Gasteiger partial charge in [0, 0.05) is 17.5 Å². The second-order valence-electron chi connectivity index (χ2n) is 3.36. The lowest BCUT2D eigenvalue weighted by molar-refractivity contribution is 0.413. The zero-order valence-electron chi connectivity index (χ0n) is 9.23. The summed E-state index contributed by atoms with van der Waals surface area (Å²) in [7, 11) is 1.62. The molecule has 82 valence electrons. The van der Waals surface area contributed by atoms with E-state index in [-0.39, 0.29) is 6.04 Å². The van der Waals surface area contributed by atoms with Crippen molar-refractivity contribution in [3.8, 4) is 17.6 Å². The summed E-state index contributed by atoms with van der Waals surface area (Å²) in [5, 5.41) is 1.11. The zero-order valence-corrected chi connectivity index (χ0v) is 10.0. The maximum absolute atomic E-state index is 5.08. The van der Waals surface area contributed by atoms with E-state index in [0.717, 1.165) is 22.1 Å². The first kappa shape index (κ1) is 11.0. The Morgan fingerprint density at radius 3 is 3.06 bits per heavy atom. The molecule has 1 aliphatic rings. The van der Waals surface area contributed by atoms with E-state index >= 15 is 0 Å². The third-order valence-electron chi connectivity index (χ3n) is 2.12. The summed E-state index contributed by atoms with van der Waals surface area (Å²) in [5.74, 6) is 7.88. The van der Waals surface area contributed by atoms with Crippen molar-refractivity contribution < 1.29 is 4.74 Å². The van der Waals surface area contributed by atoms with E-state index in [1.54, 1.807) is 31.3 Å². The number of ether oxygens (including phenoxy) is 1. The highest BCUT2D eigenvalue weighted by Crippen LogP contribution is 2.17. The average molecular weight is 232 g/mol. The van der Waals surface area contributed by atoms with Crippen molar-refractivity contribution in [2.45, 2.75) is 13.0 Å². The molecule has 0 N–H and O–H groups in total. The van der Waals surface area contributed by atoms with Crippen LogP contribution in [0.15, 0.2) is 23.5 Å². The average Bonchev–Trinajstić information content (AvgIpc) is 2.73. The van der Waals surface area contributed by atoms with Gasteiger partial charge in [-0.2, -0.15) is 0 Å². The third kappa shape index (κ3) is 2.77. The third-order valence-corrected chi connectivity index (χ3v) is 3.13. The van der Waals surface area contributed by atoms with Crippen molar-refractivity contribution in [2.24, 2.45) is 4.99 Å². The Kier molecular flexibility index (Phi) is 3.47. The summed E-state index contributed by atoms with van der Waals surface area (Å²) in [4.78, 5) is 8.45. The summed E-state index contributed by atoms with van der Waals surface area (Å²) in [6, 6.07) is 2.00. The molecular formula is C12H12N2OS. The predicted molar refractivity (Wildman–Crippen MR) is 67.0 cm³/mol. The summed E-state index contributed by atoms with van der Waals surface area (Å²) in [5.41, 5.74) is 0.865. The van der Waals surface area contributed by atoms with Crippen LogP contribution in [0.5, 0.6) is 5.75 Å². The fraction of sp³-hybridized carbons (Fsp3) is 0.333. The molecule has 2 heterocycles. The van der Waals surface area contributed by atoms with E-state index in [1.165, 1.54) is 0 Å². The summed E-state index contributed by atoms with van der Waals surface area (Å²) in [6.45, 7) is 2.01. The molecule has 1 unspecified atom stereocenters. The minimum absolute atomic E-state index is 0.121. The molecular weight excluding hydrogens is 220 g/mol. The Morgan fingerprint density at radius 2 is 2.38 bits per heavy atom. The van der Waals surface area contributed by atoms with Crippen molar-refractivity contribution in [2.75, 3.05) is 12.9 Å². The van der Waals surface area contributed by atoms with Crippen LogP contribution in [-0.4, -0.2) is 28.9 Å². The van der Waals surface area contributed by atoms with Crippen molar-refractivity contribution >= 4 is 16.8 Å². The Morgan fingerprint density at radius 1 is 1.50 bits per heavy atom. The molecule has 0 saturated carbocycles. The molecule has 1 aromatic heterocycles. The van der Waals surface area contributed by atoms with Crippen LogP contribution in [0.2, 0.25) is 0 Å². The van der Waals surface area contributed by atoms with Crippen LogP contribution in [0.4, 0.5) is 0 Å². The van der Waals surface area contributed by atoms with Gasteiger partial charge in [0.25, 0.3) is 0 Å². The normalized spacial score (nSPS) is 18.6. The quantitative estimate of drug-likeness (QED) is 0.694. The lowest BCUT2D eigenvalue weighted by Gasteiger charge is -1.98. The predicted octanol–water partition coefficient (Wildman–Crippen LogP) is 1.98. The summed E-state index contributed by atoms with van der Waals surface area (Å²) in [6.07, 6.45) is 3.40. The smallest absolute Gasteiger partial charge is 0.138 e. The number of hydrogen-bond acceptors (Lipinski definition) is 4. The number of aromatic nitrogens is 1. The zero-order chi connectivity index (χ0) is 11.4. The maximum Gasteiger partial charge on any atom is 0.138 e. The standard InChI is InChI=1S/C12H12N2OS/c1-9-14-11(8-16-9)4-3-10-5-12(15-2)7-13-6-10/h5-7,11H,8H2,1-2H3. The highest BCUT2D eigenvalue weighted by Gasteiger charge is 2.11. The molecule has 2 rings (SSSR count). The van der Waals surface area contributed by atoms with Gasteiger partial charge in [-0.1, -0.05) is 11.8 Å². The van der Waals surface area contributed by atoms with E-state index in [2.05, 4.69) is 21.8 Å². The largest absolute Gasteiger partial charge is 0.495 e. The Bertz CT molecular complexity index is 473. The molecule has 3 nitrogen and oxygen atoms in total. The van der Waals surface area contributed by atoms with Crippen LogP contribution in [-0.2, 0) is 0 Å². The molecule has 0 aromatic carbocycles. The second kappa shape index (κ2) is 5.04. The Hall–Kier alpha value is -1.47.